The van der Waals surface area contributed by atoms with Crippen molar-refractivity contribution in [3.63, 3.8) is 0 Å². The lowest BCUT2D eigenvalue weighted by Crippen LogP contribution is -2.54. The molecule has 0 aliphatic carbocycles. The Balaban J connectivity index is 1.42. The standard InChI is InChI=1S/C20H31N3O3/c1-16(20(24)21-14-17-6-3-4-8-19(17)25-2)23-11-9-22(10-12-23)15-18-7-5-13-26-18/h3-4,6,8,16,18H,5,7,9-15H2,1-2H3,(H,21,24). The number of carbonyl (C=O) groups excluding carboxylic acids is 1. The Bertz CT molecular complexity index is 581. The Kier molecular flexibility index (Phi) is 6.88. The molecule has 2 unspecified atom stereocenters. The molecule has 1 aromatic rings. The van der Waals surface area contributed by atoms with Crippen LogP contribution in [0, 0.1) is 0 Å². The van der Waals surface area contributed by atoms with E-state index in [1.807, 2.05) is 31.2 Å². The van der Waals surface area contributed by atoms with Crippen LogP contribution in [0.1, 0.15) is 25.3 Å². The molecule has 1 amide bonds. The molecule has 26 heavy (non-hydrogen) atoms. The van der Waals surface area contributed by atoms with E-state index in [4.69, 9.17) is 9.47 Å². The van der Waals surface area contributed by atoms with Crippen LogP contribution in [0.2, 0.25) is 0 Å². The van der Waals surface area contributed by atoms with Crippen molar-refractivity contribution < 1.29 is 14.3 Å². The van der Waals surface area contributed by atoms with Gasteiger partial charge in [0.15, 0.2) is 0 Å². The molecule has 0 radical (unpaired) electrons. The predicted octanol–water partition coefficient (Wildman–Crippen LogP) is 1.50. The van der Waals surface area contributed by atoms with E-state index in [0.717, 1.165) is 50.6 Å². The van der Waals surface area contributed by atoms with Gasteiger partial charge in [-0.25, -0.2) is 0 Å². The minimum Gasteiger partial charge on any atom is -0.496 e. The summed E-state index contributed by atoms with van der Waals surface area (Å²) >= 11 is 0. The first-order chi connectivity index (χ1) is 12.7. The van der Waals surface area contributed by atoms with Crippen molar-refractivity contribution in [2.45, 2.75) is 38.5 Å². The number of rotatable bonds is 7. The number of methoxy groups -OCH3 is 1. The summed E-state index contributed by atoms with van der Waals surface area (Å²) in [5.74, 6) is 0.881. The Morgan fingerprint density at radius 3 is 2.77 bits per heavy atom. The van der Waals surface area contributed by atoms with Crippen molar-refractivity contribution in [1.29, 1.82) is 0 Å². The third kappa shape index (κ3) is 4.96. The van der Waals surface area contributed by atoms with E-state index in [2.05, 4.69) is 15.1 Å². The summed E-state index contributed by atoms with van der Waals surface area (Å²) in [5, 5.41) is 3.05. The van der Waals surface area contributed by atoms with Crippen LogP contribution in [-0.2, 0) is 16.1 Å². The van der Waals surface area contributed by atoms with Crippen LogP contribution in [0.4, 0.5) is 0 Å². The lowest BCUT2D eigenvalue weighted by Gasteiger charge is -2.38. The number of amides is 1. The molecular weight excluding hydrogens is 330 g/mol. The molecule has 2 aliphatic heterocycles. The van der Waals surface area contributed by atoms with Gasteiger partial charge in [0.25, 0.3) is 0 Å². The maximum absolute atomic E-state index is 12.5. The summed E-state index contributed by atoms with van der Waals surface area (Å²) in [6.07, 6.45) is 2.78. The van der Waals surface area contributed by atoms with Gasteiger partial charge in [0.2, 0.25) is 5.91 Å². The van der Waals surface area contributed by atoms with Gasteiger partial charge in [-0.3, -0.25) is 14.6 Å². The van der Waals surface area contributed by atoms with Gasteiger partial charge in [-0.1, -0.05) is 18.2 Å². The van der Waals surface area contributed by atoms with Gasteiger partial charge < -0.3 is 14.8 Å². The summed E-state index contributed by atoms with van der Waals surface area (Å²) < 4.78 is 11.1. The van der Waals surface area contributed by atoms with E-state index >= 15 is 0 Å². The monoisotopic (exact) mass is 361 g/mol. The van der Waals surface area contributed by atoms with Crippen LogP contribution >= 0.6 is 0 Å². The van der Waals surface area contributed by atoms with Crippen LogP contribution in [-0.4, -0.2) is 74.3 Å². The van der Waals surface area contributed by atoms with Gasteiger partial charge in [0.1, 0.15) is 5.75 Å². The van der Waals surface area contributed by atoms with E-state index in [0.29, 0.717) is 12.6 Å². The molecule has 0 saturated carbocycles. The number of piperazine rings is 1. The second-order valence-electron chi connectivity index (χ2n) is 7.18. The summed E-state index contributed by atoms with van der Waals surface area (Å²) in [4.78, 5) is 17.3. The van der Waals surface area contributed by atoms with Gasteiger partial charge in [0, 0.05) is 51.4 Å². The highest BCUT2D eigenvalue weighted by Gasteiger charge is 2.27. The number of carbonyl (C=O) groups is 1. The van der Waals surface area contributed by atoms with E-state index in [1.165, 1.54) is 12.8 Å². The second kappa shape index (κ2) is 9.35. The van der Waals surface area contributed by atoms with Gasteiger partial charge >= 0.3 is 0 Å². The first kappa shape index (κ1) is 19.1. The molecule has 2 saturated heterocycles. The normalized spacial score (nSPS) is 22.9. The molecule has 2 heterocycles. The second-order valence-corrected chi connectivity index (χ2v) is 7.18. The molecular formula is C20H31N3O3. The van der Waals surface area contributed by atoms with E-state index in [-0.39, 0.29) is 11.9 Å². The topological polar surface area (TPSA) is 54.0 Å². The molecule has 6 heteroatoms. The Morgan fingerprint density at radius 2 is 2.08 bits per heavy atom. The number of benzene rings is 1. The van der Waals surface area contributed by atoms with Crippen molar-refractivity contribution in [2.24, 2.45) is 0 Å². The number of nitrogens with zero attached hydrogens (tertiary/aromatic N) is 2. The van der Waals surface area contributed by atoms with Gasteiger partial charge in [-0.2, -0.15) is 0 Å². The molecule has 0 bridgehead atoms. The average Bonchev–Trinajstić information content (AvgIpc) is 3.19. The Hall–Kier alpha value is -1.63. The minimum atomic E-state index is -0.116. The van der Waals surface area contributed by atoms with E-state index in [1.54, 1.807) is 7.11 Å². The quantitative estimate of drug-likeness (QED) is 0.798. The van der Waals surface area contributed by atoms with Crippen molar-refractivity contribution in [1.82, 2.24) is 15.1 Å². The van der Waals surface area contributed by atoms with E-state index in [9.17, 15) is 4.79 Å². The highest BCUT2D eigenvalue weighted by atomic mass is 16.5. The third-order valence-electron chi connectivity index (χ3n) is 5.47. The molecule has 2 atom stereocenters. The molecule has 1 N–H and O–H groups in total. The highest BCUT2D eigenvalue weighted by Crippen LogP contribution is 2.17. The highest BCUT2D eigenvalue weighted by molar-refractivity contribution is 5.81. The average molecular weight is 361 g/mol. The number of ether oxygens (including phenoxy) is 2. The largest absolute Gasteiger partial charge is 0.496 e. The summed E-state index contributed by atoms with van der Waals surface area (Å²) in [6, 6.07) is 7.67. The lowest BCUT2D eigenvalue weighted by molar-refractivity contribution is -0.126. The first-order valence-corrected chi connectivity index (χ1v) is 9.65. The predicted molar refractivity (Wildman–Crippen MR) is 101 cm³/mol. The van der Waals surface area contributed by atoms with Crippen LogP contribution in [0.3, 0.4) is 0 Å². The SMILES string of the molecule is COc1ccccc1CNC(=O)C(C)N1CCN(CC2CCCO2)CC1. The number of nitrogens with one attached hydrogen (secondary N) is 1. The summed E-state index contributed by atoms with van der Waals surface area (Å²) in [5.41, 5.74) is 0.997. The fourth-order valence-electron chi connectivity index (χ4n) is 3.75. The smallest absolute Gasteiger partial charge is 0.237 e. The van der Waals surface area contributed by atoms with Crippen molar-refractivity contribution in [3.8, 4) is 5.75 Å². The Morgan fingerprint density at radius 1 is 1.31 bits per heavy atom. The van der Waals surface area contributed by atoms with Gasteiger partial charge in [-0.15, -0.1) is 0 Å². The Labute approximate surface area is 156 Å². The number of hydrogen-bond acceptors (Lipinski definition) is 5. The maximum atomic E-state index is 12.5. The summed E-state index contributed by atoms with van der Waals surface area (Å²) in [6.45, 7) is 8.29. The van der Waals surface area contributed by atoms with Gasteiger partial charge in [-0.05, 0) is 25.8 Å². The fourth-order valence-corrected chi connectivity index (χ4v) is 3.75. The maximum Gasteiger partial charge on any atom is 0.237 e. The molecule has 6 nitrogen and oxygen atoms in total. The van der Waals surface area contributed by atoms with Crippen molar-refractivity contribution >= 4 is 5.91 Å². The van der Waals surface area contributed by atoms with Crippen molar-refractivity contribution in [2.75, 3.05) is 46.4 Å². The lowest BCUT2D eigenvalue weighted by atomic mass is 10.1. The third-order valence-corrected chi connectivity index (χ3v) is 5.47. The molecule has 1 aromatic carbocycles. The number of hydrogen-bond donors (Lipinski definition) is 1. The minimum absolute atomic E-state index is 0.0727. The van der Waals surface area contributed by atoms with Crippen LogP contribution in [0.5, 0.6) is 5.75 Å². The zero-order valence-electron chi connectivity index (χ0n) is 15.9. The molecule has 144 valence electrons. The number of para-hydroxylation sites is 1. The summed E-state index contributed by atoms with van der Waals surface area (Å²) in [7, 11) is 1.65. The van der Waals surface area contributed by atoms with Crippen LogP contribution in [0.25, 0.3) is 0 Å². The first-order valence-electron chi connectivity index (χ1n) is 9.65. The van der Waals surface area contributed by atoms with E-state index < -0.39 is 0 Å². The molecule has 3 rings (SSSR count). The molecule has 0 aromatic heterocycles. The molecule has 2 fully saturated rings. The van der Waals surface area contributed by atoms with Crippen LogP contribution in [0.15, 0.2) is 24.3 Å². The van der Waals surface area contributed by atoms with Gasteiger partial charge in [0.05, 0.1) is 19.3 Å². The van der Waals surface area contributed by atoms with Crippen LogP contribution < -0.4 is 10.1 Å². The molecule has 0 spiro atoms. The zero-order chi connectivity index (χ0) is 18.4. The zero-order valence-corrected chi connectivity index (χ0v) is 15.9. The fraction of sp³-hybridized carbons (Fsp3) is 0.650. The molecule has 2 aliphatic rings. The van der Waals surface area contributed by atoms with Crippen molar-refractivity contribution in [3.05, 3.63) is 29.8 Å².